The standard InChI is InChI=1S/C52H97NO7/c1-6-8-10-12-14-16-18-20-21-22-23-24-25-26-27-28-29-31-33-35-37-39-41-43-51(55)60-48(46-58-45-44-49(52(56)57)53(3,4)5)47-59-50(54)42-40-38-36-34-32-30-19-17-15-13-11-9-7-2/h17,19,22-23,48-49H,6-16,18,20-21,24-47H2,1-5H3/b19-17-,23-22-. The maximum Gasteiger partial charge on any atom is 0.306 e. The average Bonchev–Trinajstić information content (AvgIpc) is 3.21. The number of carboxylic acid groups (broad SMARTS) is 1. The number of nitrogens with zero attached hydrogens (tertiary/aromatic N) is 1. The first kappa shape index (κ1) is 57.8. The van der Waals surface area contributed by atoms with Gasteiger partial charge in [-0.05, 0) is 64.2 Å². The summed E-state index contributed by atoms with van der Waals surface area (Å²) in [6.45, 7) is 4.66. The number of hydrogen-bond acceptors (Lipinski definition) is 7. The van der Waals surface area contributed by atoms with Gasteiger partial charge in [-0.15, -0.1) is 0 Å². The Morgan fingerprint density at radius 2 is 0.833 bits per heavy atom. The van der Waals surface area contributed by atoms with Crippen molar-refractivity contribution >= 4 is 17.9 Å². The smallest absolute Gasteiger partial charge is 0.306 e. The summed E-state index contributed by atoms with van der Waals surface area (Å²) in [4.78, 5) is 37.0. The molecule has 0 aromatic carbocycles. The molecule has 0 fully saturated rings. The van der Waals surface area contributed by atoms with Crippen LogP contribution in [0.4, 0.5) is 0 Å². The van der Waals surface area contributed by atoms with E-state index in [1.54, 1.807) is 21.1 Å². The highest BCUT2D eigenvalue weighted by molar-refractivity contribution is 5.70. The maximum atomic E-state index is 12.8. The largest absolute Gasteiger partial charge is 0.544 e. The van der Waals surface area contributed by atoms with Gasteiger partial charge in [-0.1, -0.05) is 179 Å². The Labute approximate surface area is 371 Å². The van der Waals surface area contributed by atoms with Crippen LogP contribution in [0.5, 0.6) is 0 Å². The monoisotopic (exact) mass is 848 g/mol. The molecule has 0 saturated carbocycles. The van der Waals surface area contributed by atoms with Crippen molar-refractivity contribution in [1.29, 1.82) is 0 Å². The lowest BCUT2D eigenvalue weighted by Crippen LogP contribution is -2.55. The normalized spacial score (nSPS) is 13.0. The highest BCUT2D eigenvalue weighted by atomic mass is 16.6. The van der Waals surface area contributed by atoms with E-state index >= 15 is 0 Å². The molecule has 0 aliphatic heterocycles. The van der Waals surface area contributed by atoms with Crippen molar-refractivity contribution in [3.05, 3.63) is 24.3 Å². The summed E-state index contributed by atoms with van der Waals surface area (Å²) < 4.78 is 17.2. The van der Waals surface area contributed by atoms with Gasteiger partial charge >= 0.3 is 11.9 Å². The van der Waals surface area contributed by atoms with Crippen LogP contribution >= 0.6 is 0 Å². The van der Waals surface area contributed by atoms with Gasteiger partial charge < -0.3 is 28.6 Å². The molecule has 0 heterocycles. The second kappa shape index (κ2) is 43.5. The Bertz CT molecular complexity index is 1040. The molecule has 0 aliphatic carbocycles. The van der Waals surface area contributed by atoms with Gasteiger partial charge in [0.25, 0.3) is 0 Å². The topological polar surface area (TPSA) is 102 Å². The quantitative estimate of drug-likeness (QED) is 0.0260. The number of esters is 2. The van der Waals surface area contributed by atoms with Crippen LogP contribution in [0.1, 0.15) is 239 Å². The number of quaternary nitrogens is 1. The van der Waals surface area contributed by atoms with Crippen LogP contribution < -0.4 is 5.11 Å². The minimum atomic E-state index is -1.12. The predicted molar refractivity (Wildman–Crippen MR) is 250 cm³/mol. The first-order chi connectivity index (χ1) is 29.1. The number of allylic oxidation sites excluding steroid dienone is 4. The van der Waals surface area contributed by atoms with Gasteiger partial charge in [0, 0.05) is 19.3 Å². The lowest BCUT2D eigenvalue weighted by molar-refractivity contribution is -0.889. The molecule has 0 N–H and O–H groups in total. The molecule has 8 heteroatoms. The van der Waals surface area contributed by atoms with E-state index in [2.05, 4.69) is 38.2 Å². The van der Waals surface area contributed by atoms with Crippen LogP contribution in [0.15, 0.2) is 24.3 Å². The third-order valence-corrected chi connectivity index (χ3v) is 11.6. The van der Waals surface area contributed by atoms with E-state index < -0.39 is 18.1 Å². The van der Waals surface area contributed by atoms with Gasteiger partial charge in [0.15, 0.2) is 6.10 Å². The molecule has 0 saturated heterocycles. The van der Waals surface area contributed by atoms with Crippen LogP contribution in [0.3, 0.4) is 0 Å². The van der Waals surface area contributed by atoms with Crippen LogP contribution in [0, 0.1) is 0 Å². The zero-order chi connectivity index (χ0) is 44.2. The maximum absolute atomic E-state index is 12.8. The molecule has 60 heavy (non-hydrogen) atoms. The van der Waals surface area contributed by atoms with Crippen LogP contribution in [0.2, 0.25) is 0 Å². The summed E-state index contributed by atoms with van der Waals surface area (Å²) in [7, 11) is 5.42. The minimum Gasteiger partial charge on any atom is -0.544 e. The second-order valence-corrected chi connectivity index (χ2v) is 18.4. The molecular formula is C52H97NO7. The molecule has 0 amide bonds. The summed E-state index contributed by atoms with van der Waals surface area (Å²) in [5.41, 5.74) is 0. The lowest BCUT2D eigenvalue weighted by atomic mass is 10.0. The fraction of sp³-hybridized carbons (Fsp3) is 0.865. The number of unbranched alkanes of at least 4 members (excludes halogenated alkanes) is 28. The molecule has 0 aromatic heterocycles. The number of ether oxygens (including phenoxy) is 3. The number of aliphatic carboxylic acids is 1. The Morgan fingerprint density at radius 3 is 1.22 bits per heavy atom. The van der Waals surface area contributed by atoms with E-state index in [1.807, 2.05) is 0 Å². The van der Waals surface area contributed by atoms with Gasteiger partial charge in [0.1, 0.15) is 12.6 Å². The molecule has 0 rings (SSSR count). The lowest BCUT2D eigenvalue weighted by Gasteiger charge is -2.34. The molecule has 2 unspecified atom stereocenters. The van der Waals surface area contributed by atoms with Gasteiger partial charge in [-0.2, -0.15) is 0 Å². The Hall–Kier alpha value is -2.19. The molecule has 0 spiro atoms. The van der Waals surface area contributed by atoms with Crippen molar-refractivity contribution in [2.45, 2.75) is 251 Å². The zero-order valence-electron chi connectivity index (χ0n) is 40.1. The van der Waals surface area contributed by atoms with Gasteiger partial charge in [-0.3, -0.25) is 9.59 Å². The van der Waals surface area contributed by atoms with Crippen molar-refractivity contribution < 1.29 is 38.2 Å². The first-order valence-corrected chi connectivity index (χ1v) is 25.4. The highest BCUT2D eigenvalue weighted by Crippen LogP contribution is 2.15. The summed E-state index contributed by atoms with van der Waals surface area (Å²) in [6.07, 6.45) is 49.2. The first-order valence-electron chi connectivity index (χ1n) is 25.4. The molecule has 0 aliphatic rings. The van der Waals surface area contributed by atoms with Crippen LogP contribution in [-0.4, -0.2) is 75.5 Å². The third kappa shape index (κ3) is 41.2. The van der Waals surface area contributed by atoms with E-state index in [-0.39, 0.29) is 42.7 Å². The van der Waals surface area contributed by atoms with Crippen LogP contribution in [-0.2, 0) is 28.6 Å². The zero-order valence-corrected chi connectivity index (χ0v) is 40.1. The van der Waals surface area contributed by atoms with Crippen molar-refractivity contribution in [1.82, 2.24) is 0 Å². The van der Waals surface area contributed by atoms with E-state index in [4.69, 9.17) is 14.2 Å². The van der Waals surface area contributed by atoms with Crippen molar-refractivity contribution in [3.8, 4) is 0 Å². The molecule has 2 atom stereocenters. The third-order valence-electron chi connectivity index (χ3n) is 11.6. The van der Waals surface area contributed by atoms with E-state index in [0.717, 1.165) is 51.4 Å². The minimum absolute atomic E-state index is 0.0412. The molecule has 0 bridgehead atoms. The van der Waals surface area contributed by atoms with Gasteiger partial charge in [0.2, 0.25) is 0 Å². The number of carbonyl (C=O) groups excluding carboxylic acids is 3. The Morgan fingerprint density at radius 1 is 0.483 bits per heavy atom. The molecule has 0 aromatic rings. The SMILES string of the molecule is CCCCCC/C=C\CCCCCCCC(=O)OCC(COCCC(C(=O)[O-])[N+](C)(C)C)OC(=O)CCCCCCCCCCCCC/C=C\CCCCCCCCCC. The number of carbonyl (C=O) groups is 3. The molecular weight excluding hydrogens is 751 g/mol. The summed E-state index contributed by atoms with van der Waals surface area (Å²) >= 11 is 0. The van der Waals surface area contributed by atoms with Crippen molar-refractivity contribution in [2.24, 2.45) is 0 Å². The summed E-state index contributed by atoms with van der Waals surface area (Å²) in [5.74, 6) is -1.73. The number of hydrogen-bond donors (Lipinski definition) is 0. The van der Waals surface area contributed by atoms with Crippen LogP contribution in [0.25, 0.3) is 0 Å². The molecule has 8 nitrogen and oxygen atoms in total. The Balaban J connectivity index is 4.19. The van der Waals surface area contributed by atoms with E-state index in [0.29, 0.717) is 12.8 Å². The predicted octanol–water partition coefficient (Wildman–Crippen LogP) is 13.1. The fourth-order valence-corrected chi connectivity index (χ4v) is 7.59. The number of likely N-dealkylation sites (N-methyl/N-ethyl adjacent to an activating group) is 1. The molecule has 352 valence electrons. The fourth-order valence-electron chi connectivity index (χ4n) is 7.59. The number of carboxylic acids is 1. The summed E-state index contributed by atoms with van der Waals surface area (Å²) in [5, 5.41) is 11.6. The number of rotatable bonds is 46. The summed E-state index contributed by atoms with van der Waals surface area (Å²) in [6, 6.07) is -0.725. The van der Waals surface area contributed by atoms with Crippen molar-refractivity contribution in [2.75, 3.05) is 41.0 Å². The Kier molecular flexibility index (Phi) is 41.9. The van der Waals surface area contributed by atoms with Gasteiger partial charge in [-0.25, -0.2) is 0 Å². The van der Waals surface area contributed by atoms with Gasteiger partial charge in [0.05, 0.1) is 40.3 Å². The average molecular weight is 848 g/mol. The van der Waals surface area contributed by atoms with E-state index in [9.17, 15) is 19.5 Å². The molecule has 0 radical (unpaired) electrons. The van der Waals surface area contributed by atoms with Crippen molar-refractivity contribution in [3.63, 3.8) is 0 Å². The highest BCUT2D eigenvalue weighted by Gasteiger charge is 2.25. The second-order valence-electron chi connectivity index (χ2n) is 18.4. The van der Waals surface area contributed by atoms with E-state index in [1.165, 1.54) is 154 Å².